The van der Waals surface area contributed by atoms with Crippen molar-refractivity contribution in [1.29, 1.82) is 0 Å². The molecule has 1 aromatic carbocycles. The van der Waals surface area contributed by atoms with Crippen LogP contribution in [-0.2, 0) is 6.42 Å². The Morgan fingerprint density at radius 3 is 2.71 bits per heavy atom. The third kappa shape index (κ3) is 5.46. The number of benzene rings is 1. The molecule has 3 aromatic rings. The Hall–Kier alpha value is -2.58. The Labute approximate surface area is 173 Å². The van der Waals surface area contributed by atoms with Crippen LogP contribution in [0.15, 0.2) is 40.2 Å². The van der Waals surface area contributed by atoms with Crippen LogP contribution >= 0.6 is 23.6 Å². The lowest BCUT2D eigenvalue weighted by atomic mass is 10.1. The van der Waals surface area contributed by atoms with Crippen molar-refractivity contribution in [3.05, 3.63) is 52.0 Å². The van der Waals surface area contributed by atoms with E-state index in [4.69, 9.17) is 16.7 Å². The molecule has 2 aromatic heterocycles. The first-order valence-electron chi connectivity index (χ1n) is 9.15. The van der Waals surface area contributed by atoms with Crippen LogP contribution in [0.2, 0.25) is 0 Å². The minimum atomic E-state index is -0.435. The van der Waals surface area contributed by atoms with Crippen LogP contribution in [0.25, 0.3) is 11.5 Å². The topological polar surface area (TPSA) is 80.0 Å². The summed E-state index contributed by atoms with van der Waals surface area (Å²) >= 11 is 6.73. The average molecular weight is 415 g/mol. The van der Waals surface area contributed by atoms with Gasteiger partial charge in [-0.2, -0.15) is 0 Å². The summed E-state index contributed by atoms with van der Waals surface area (Å²) in [5, 5.41) is 12.4. The molecule has 2 N–H and O–H groups in total. The van der Waals surface area contributed by atoms with E-state index in [-0.39, 0.29) is 10.8 Å². The minimum Gasteiger partial charge on any atom is -0.354 e. The van der Waals surface area contributed by atoms with Crippen molar-refractivity contribution in [2.45, 2.75) is 39.5 Å². The number of amides is 1. The predicted octanol–water partition coefficient (Wildman–Crippen LogP) is 4.97. The first-order valence-corrected chi connectivity index (χ1v) is 10.4. The summed E-state index contributed by atoms with van der Waals surface area (Å²) in [4.78, 5) is 16.6. The first-order chi connectivity index (χ1) is 13.5. The fourth-order valence-corrected chi connectivity index (χ4v) is 3.46. The zero-order chi connectivity index (χ0) is 19.9. The number of hydrogen-bond acceptors (Lipinski definition) is 6. The fourth-order valence-electron chi connectivity index (χ4n) is 2.64. The number of thiazole rings is 1. The zero-order valence-electron chi connectivity index (χ0n) is 15.8. The van der Waals surface area contributed by atoms with Gasteiger partial charge in [0.15, 0.2) is 16.6 Å². The van der Waals surface area contributed by atoms with Crippen molar-refractivity contribution in [2.24, 2.45) is 0 Å². The average Bonchev–Trinajstić information content (AvgIpc) is 3.32. The maximum atomic E-state index is 12.3. The fraction of sp³-hybridized carbons (Fsp3) is 0.300. The SMILES string of the molecule is CCCCCc1ccc(NC(=S)NC(=O)c2cc(-c3csc(C)n3)on2)cc1. The molecule has 1 amide bonds. The van der Waals surface area contributed by atoms with Crippen LogP contribution < -0.4 is 10.6 Å². The summed E-state index contributed by atoms with van der Waals surface area (Å²) in [5.41, 5.74) is 2.93. The van der Waals surface area contributed by atoms with Crippen LogP contribution in [0.4, 0.5) is 5.69 Å². The van der Waals surface area contributed by atoms with E-state index < -0.39 is 5.91 Å². The van der Waals surface area contributed by atoms with Gasteiger partial charge in [-0.25, -0.2) is 4.98 Å². The number of nitrogens with zero attached hydrogens (tertiary/aromatic N) is 2. The highest BCUT2D eigenvalue weighted by Gasteiger charge is 2.16. The van der Waals surface area contributed by atoms with Crippen molar-refractivity contribution in [3.8, 4) is 11.5 Å². The summed E-state index contributed by atoms with van der Waals surface area (Å²) in [6.07, 6.45) is 4.71. The number of carbonyl (C=O) groups is 1. The van der Waals surface area contributed by atoms with Gasteiger partial charge in [-0.05, 0) is 49.7 Å². The summed E-state index contributed by atoms with van der Waals surface area (Å²) in [5.74, 6) is 0.0164. The molecule has 2 heterocycles. The van der Waals surface area contributed by atoms with Gasteiger partial charge in [0.25, 0.3) is 5.91 Å². The molecule has 0 aliphatic heterocycles. The van der Waals surface area contributed by atoms with E-state index in [1.54, 1.807) is 6.07 Å². The lowest BCUT2D eigenvalue weighted by Gasteiger charge is -2.09. The number of aryl methyl sites for hydroxylation is 2. The summed E-state index contributed by atoms with van der Waals surface area (Å²) in [6, 6.07) is 9.61. The van der Waals surface area contributed by atoms with Gasteiger partial charge < -0.3 is 9.84 Å². The van der Waals surface area contributed by atoms with E-state index in [1.165, 1.54) is 36.2 Å². The molecule has 0 saturated heterocycles. The molecule has 6 nitrogen and oxygen atoms in total. The first kappa shape index (κ1) is 20.2. The molecule has 0 aliphatic rings. The van der Waals surface area contributed by atoms with Gasteiger partial charge in [-0.15, -0.1) is 11.3 Å². The van der Waals surface area contributed by atoms with Crippen molar-refractivity contribution >= 4 is 40.3 Å². The molecule has 0 atom stereocenters. The molecular formula is C20H22N4O2S2. The van der Waals surface area contributed by atoms with Crippen molar-refractivity contribution < 1.29 is 9.32 Å². The number of thiocarbonyl (C=S) groups is 1. The van der Waals surface area contributed by atoms with Gasteiger partial charge in [0.1, 0.15) is 5.69 Å². The van der Waals surface area contributed by atoms with E-state index in [0.29, 0.717) is 11.5 Å². The Bertz CT molecular complexity index is 947. The molecule has 0 fully saturated rings. The van der Waals surface area contributed by atoms with Crippen LogP contribution in [0, 0.1) is 6.92 Å². The van der Waals surface area contributed by atoms with Crippen molar-refractivity contribution in [3.63, 3.8) is 0 Å². The van der Waals surface area contributed by atoms with Gasteiger partial charge in [0, 0.05) is 17.1 Å². The minimum absolute atomic E-state index is 0.149. The zero-order valence-corrected chi connectivity index (χ0v) is 17.5. The van der Waals surface area contributed by atoms with Gasteiger partial charge in [0.2, 0.25) is 0 Å². The van der Waals surface area contributed by atoms with Crippen molar-refractivity contribution in [1.82, 2.24) is 15.5 Å². The highest BCUT2D eigenvalue weighted by molar-refractivity contribution is 7.80. The summed E-state index contributed by atoms with van der Waals surface area (Å²) < 4.78 is 5.21. The normalized spacial score (nSPS) is 10.6. The van der Waals surface area contributed by atoms with Gasteiger partial charge in [-0.1, -0.05) is 37.1 Å². The maximum Gasteiger partial charge on any atom is 0.279 e. The largest absolute Gasteiger partial charge is 0.354 e. The summed E-state index contributed by atoms with van der Waals surface area (Å²) in [6.45, 7) is 4.10. The monoisotopic (exact) mass is 414 g/mol. The van der Waals surface area contributed by atoms with Crippen LogP contribution in [0.1, 0.15) is 47.2 Å². The number of anilines is 1. The molecule has 0 spiro atoms. The van der Waals surface area contributed by atoms with Gasteiger partial charge >= 0.3 is 0 Å². The lowest BCUT2D eigenvalue weighted by molar-refractivity contribution is 0.0969. The highest BCUT2D eigenvalue weighted by Crippen LogP contribution is 2.22. The highest BCUT2D eigenvalue weighted by atomic mass is 32.1. The maximum absolute atomic E-state index is 12.3. The van der Waals surface area contributed by atoms with E-state index in [9.17, 15) is 4.79 Å². The Morgan fingerprint density at radius 2 is 2.04 bits per heavy atom. The van der Waals surface area contributed by atoms with E-state index in [1.807, 2.05) is 24.4 Å². The van der Waals surface area contributed by atoms with Gasteiger partial charge in [0.05, 0.1) is 5.01 Å². The third-order valence-electron chi connectivity index (χ3n) is 4.12. The number of aromatic nitrogens is 2. The molecular weight excluding hydrogens is 392 g/mol. The Kier molecular flexibility index (Phi) is 6.89. The second kappa shape index (κ2) is 9.57. The molecule has 8 heteroatoms. The van der Waals surface area contributed by atoms with Crippen LogP contribution in [-0.4, -0.2) is 21.2 Å². The molecule has 28 heavy (non-hydrogen) atoms. The quantitative estimate of drug-likeness (QED) is 0.420. The second-order valence-corrected chi connectivity index (χ2v) is 7.86. The predicted molar refractivity (Wildman–Crippen MR) is 116 cm³/mol. The van der Waals surface area contributed by atoms with Crippen molar-refractivity contribution in [2.75, 3.05) is 5.32 Å². The Morgan fingerprint density at radius 1 is 1.25 bits per heavy atom. The number of nitrogens with one attached hydrogen (secondary N) is 2. The van der Waals surface area contributed by atoms with E-state index in [2.05, 4.69) is 39.8 Å². The number of unbranched alkanes of at least 4 members (excludes halogenated alkanes) is 2. The lowest BCUT2D eigenvalue weighted by Crippen LogP contribution is -2.34. The molecule has 146 valence electrons. The molecule has 0 radical (unpaired) electrons. The molecule has 0 bridgehead atoms. The number of carbonyl (C=O) groups excluding carboxylic acids is 1. The molecule has 0 saturated carbocycles. The number of rotatable bonds is 7. The molecule has 0 aliphatic carbocycles. The number of hydrogen-bond donors (Lipinski definition) is 2. The van der Waals surface area contributed by atoms with E-state index >= 15 is 0 Å². The second-order valence-electron chi connectivity index (χ2n) is 6.39. The molecule has 0 unspecified atom stereocenters. The standard InChI is InChI=1S/C20H22N4O2S2/c1-3-4-5-6-14-7-9-15(10-8-14)22-20(27)23-19(25)16-11-18(26-24-16)17-12-28-13(2)21-17/h7-12H,3-6H2,1-2H3,(H2,22,23,25,27). The van der Waals surface area contributed by atoms with Gasteiger partial charge in [-0.3, -0.25) is 10.1 Å². The van der Waals surface area contributed by atoms with Crippen LogP contribution in [0.5, 0.6) is 0 Å². The smallest absolute Gasteiger partial charge is 0.279 e. The summed E-state index contributed by atoms with van der Waals surface area (Å²) in [7, 11) is 0. The molecule has 3 rings (SSSR count). The Balaban J connectivity index is 1.53. The third-order valence-corrected chi connectivity index (χ3v) is 5.10. The van der Waals surface area contributed by atoms with E-state index in [0.717, 1.165) is 17.1 Å². The van der Waals surface area contributed by atoms with Crippen LogP contribution in [0.3, 0.4) is 0 Å².